The Morgan fingerprint density at radius 1 is 0.806 bits per heavy atom. The van der Waals surface area contributed by atoms with Crippen LogP contribution in [-0.4, -0.2) is 126 Å². The number of aliphatic imine (C=N–C) groups is 1. The number of H-pyrrole nitrogens is 1. The van der Waals surface area contributed by atoms with Crippen molar-refractivity contribution >= 4 is 71.2 Å². The smallest absolute Gasteiger partial charge is 0.245 e. The van der Waals surface area contributed by atoms with Crippen molar-refractivity contribution in [3.63, 3.8) is 0 Å². The standard InChI is InChI=1S/C48H69N11O7S/c1-30(61)55-41(24-32-15-7-4-8-16-32)45(64)57-39(47(66)59-28-35(67)26-34(59)29-60)20-12-21-52-43(62)38(19-11-22-53-48(49)50)56-46(65)42(25-33-27-54-37-18-10-9-17-36(33)37)58-44(63)40(51-2)23-31-13-5-3-6-14-31/h4,7-10,15-18,27,29,31,34-35,38-42,51,54,67H,3,5-6,11-14,19-26,28H2,1-2H3,(H,52,62)(H,55,61)(H,56,65)(H,57,64)(H,58,63)(H4,49,50,53)/t34?,35-,38?,39?,40+,41-,42?/m0/s1. The molecule has 1 aromatic heterocycles. The van der Waals surface area contributed by atoms with Gasteiger partial charge < -0.3 is 58.0 Å². The zero-order chi connectivity index (χ0) is 48.3. The molecule has 19 heteroatoms. The number of carbonyl (C=O) groups is 7. The van der Waals surface area contributed by atoms with Gasteiger partial charge in [0.25, 0.3) is 0 Å². The van der Waals surface area contributed by atoms with Crippen LogP contribution in [0.1, 0.15) is 88.7 Å². The number of nitrogens with zero attached hydrogens (tertiary/aromatic N) is 2. The highest BCUT2D eigenvalue weighted by molar-refractivity contribution is 7.81. The van der Waals surface area contributed by atoms with Crippen molar-refractivity contribution in [3.8, 4) is 0 Å². The van der Waals surface area contributed by atoms with Crippen LogP contribution in [0.3, 0.4) is 0 Å². The van der Waals surface area contributed by atoms with Crippen molar-refractivity contribution in [2.75, 3.05) is 26.7 Å². The van der Waals surface area contributed by atoms with Gasteiger partial charge in [0.1, 0.15) is 30.5 Å². The Labute approximate surface area is 398 Å². The molecule has 364 valence electrons. The Morgan fingerprint density at radius 3 is 2.13 bits per heavy atom. The highest BCUT2D eigenvalue weighted by Gasteiger charge is 2.38. The first-order chi connectivity index (χ1) is 32.3. The number of amides is 6. The maximum atomic E-state index is 14.4. The maximum absolute atomic E-state index is 14.4. The van der Waals surface area contributed by atoms with E-state index in [1.54, 1.807) is 7.05 Å². The third-order valence-corrected chi connectivity index (χ3v) is 13.0. The Kier molecular flexibility index (Phi) is 20.5. The van der Waals surface area contributed by atoms with E-state index in [4.69, 9.17) is 11.5 Å². The van der Waals surface area contributed by atoms with Crippen molar-refractivity contribution in [3.05, 3.63) is 71.9 Å². The highest BCUT2D eigenvalue weighted by Crippen LogP contribution is 2.28. The number of aromatic amines is 1. The lowest BCUT2D eigenvalue weighted by molar-refractivity contribution is -0.139. The minimum atomic E-state index is -1.11. The summed E-state index contributed by atoms with van der Waals surface area (Å²) in [7, 11) is 1.74. The number of fused-ring (bicyclic) bond motifs is 1. The van der Waals surface area contributed by atoms with Crippen LogP contribution in [0.15, 0.2) is 65.8 Å². The summed E-state index contributed by atoms with van der Waals surface area (Å²) in [5.41, 5.74) is 13.6. The van der Waals surface area contributed by atoms with E-state index in [2.05, 4.69) is 54.5 Å². The number of likely N-dealkylation sites (tertiary alicyclic amines) is 1. The Hall–Kier alpha value is -5.95. The molecular formula is C48H69N11O7S. The number of rotatable bonds is 25. The van der Waals surface area contributed by atoms with Crippen molar-refractivity contribution in [2.45, 2.75) is 132 Å². The van der Waals surface area contributed by atoms with Crippen molar-refractivity contribution in [1.82, 2.24) is 41.8 Å². The number of nitrogens with two attached hydrogens (primary N) is 2. The number of benzene rings is 2. The number of aldehydes is 1. The lowest BCUT2D eigenvalue weighted by Gasteiger charge is -2.29. The van der Waals surface area contributed by atoms with Gasteiger partial charge in [-0.1, -0.05) is 80.6 Å². The fraction of sp³-hybridized carbons (Fsp3) is 0.542. The number of likely N-dealkylation sites (N-methyl/N-ethyl adjacent to an activating group) is 1. The van der Waals surface area contributed by atoms with Gasteiger partial charge in [-0.2, -0.15) is 12.6 Å². The number of hydrogen-bond donors (Lipinski definition) is 10. The molecule has 1 saturated carbocycles. The van der Waals surface area contributed by atoms with Gasteiger partial charge in [0.2, 0.25) is 35.4 Å². The summed E-state index contributed by atoms with van der Waals surface area (Å²) in [6.45, 7) is 1.75. The van der Waals surface area contributed by atoms with Crippen LogP contribution >= 0.6 is 12.6 Å². The van der Waals surface area contributed by atoms with E-state index in [-0.39, 0.29) is 68.9 Å². The van der Waals surface area contributed by atoms with Crippen LogP contribution in [0.25, 0.3) is 10.9 Å². The first kappa shape index (κ1) is 52.0. The van der Waals surface area contributed by atoms with Crippen LogP contribution < -0.4 is 43.4 Å². The van der Waals surface area contributed by atoms with Gasteiger partial charge >= 0.3 is 0 Å². The van der Waals surface area contributed by atoms with E-state index >= 15 is 0 Å². The van der Waals surface area contributed by atoms with Crippen molar-refractivity contribution < 1.29 is 33.6 Å². The summed E-state index contributed by atoms with van der Waals surface area (Å²) in [6, 6.07) is 11.3. The molecule has 6 amide bonds. The quantitative estimate of drug-likeness (QED) is 0.0192. The molecule has 2 aromatic carbocycles. The molecule has 3 aromatic rings. The molecule has 7 atom stereocenters. The van der Waals surface area contributed by atoms with Crippen LogP contribution in [0.2, 0.25) is 0 Å². The van der Waals surface area contributed by atoms with Gasteiger partial charge in [-0.15, -0.1) is 0 Å². The molecule has 0 radical (unpaired) electrons. The number of nitrogens with one attached hydrogen (secondary N) is 7. The molecule has 4 unspecified atom stereocenters. The number of para-hydroxylation sites is 1. The first-order valence-corrected chi connectivity index (χ1v) is 24.0. The van der Waals surface area contributed by atoms with Gasteiger partial charge in [0, 0.05) is 61.7 Å². The number of hydrogen-bond acceptors (Lipinski definition) is 10. The van der Waals surface area contributed by atoms with E-state index in [0.717, 1.165) is 47.7 Å². The Morgan fingerprint density at radius 2 is 1.45 bits per heavy atom. The minimum absolute atomic E-state index is 0.0463. The summed E-state index contributed by atoms with van der Waals surface area (Å²) in [5.74, 6) is -2.58. The fourth-order valence-corrected chi connectivity index (χ4v) is 9.45. The Balaban J connectivity index is 1.30. The number of guanidine groups is 1. The summed E-state index contributed by atoms with van der Waals surface area (Å²) in [6.07, 6.45) is 10.1. The van der Waals surface area contributed by atoms with E-state index in [1.165, 1.54) is 18.2 Å². The molecule has 0 bridgehead atoms. The average Bonchev–Trinajstić information content (AvgIpc) is 3.92. The second-order valence-electron chi connectivity index (χ2n) is 17.7. The largest absolute Gasteiger partial charge is 0.370 e. The molecule has 1 saturated heterocycles. The van der Waals surface area contributed by atoms with E-state index in [1.807, 2.05) is 60.8 Å². The van der Waals surface area contributed by atoms with Gasteiger partial charge in [0.15, 0.2) is 5.96 Å². The zero-order valence-corrected chi connectivity index (χ0v) is 39.5. The predicted molar refractivity (Wildman–Crippen MR) is 261 cm³/mol. The second-order valence-corrected chi connectivity index (χ2v) is 18.5. The fourth-order valence-electron chi connectivity index (χ4n) is 9.06. The van der Waals surface area contributed by atoms with Gasteiger partial charge in [0.05, 0.1) is 12.1 Å². The van der Waals surface area contributed by atoms with Crippen LogP contribution in [-0.2, 0) is 46.4 Å². The lowest BCUT2D eigenvalue weighted by Crippen LogP contribution is -2.57. The normalized spacial score (nSPS) is 18.4. The molecule has 2 heterocycles. The maximum Gasteiger partial charge on any atom is 0.245 e. The third-order valence-electron chi connectivity index (χ3n) is 12.6. The minimum Gasteiger partial charge on any atom is -0.370 e. The average molecular weight is 944 g/mol. The van der Waals surface area contributed by atoms with Gasteiger partial charge in [-0.05, 0) is 68.7 Å². The molecule has 11 N–H and O–H groups in total. The molecule has 18 nitrogen and oxygen atoms in total. The van der Waals surface area contributed by atoms with Crippen molar-refractivity contribution in [1.29, 1.82) is 0 Å². The first-order valence-electron chi connectivity index (χ1n) is 23.5. The number of aromatic nitrogens is 1. The van der Waals surface area contributed by atoms with Crippen LogP contribution in [0.4, 0.5) is 0 Å². The summed E-state index contributed by atoms with van der Waals surface area (Å²) >= 11 is 4.51. The topological polar surface area (TPSA) is 275 Å². The predicted octanol–water partition coefficient (Wildman–Crippen LogP) is 1.52. The Bertz CT molecular complexity index is 2160. The van der Waals surface area contributed by atoms with Gasteiger partial charge in [-0.3, -0.25) is 33.8 Å². The molecule has 5 rings (SSSR count). The monoisotopic (exact) mass is 944 g/mol. The van der Waals surface area contributed by atoms with E-state index in [9.17, 15) is 33.6 Å². The molecule has 2 fully saturated rings. The van der Waals surface area contributed by atoms with E-state index in [0.29, 0.717) is 31.5 Å². The summed E-state index contributed by atoms with van der Waals surface area (Å²) in [5, 5.41) is 18.1. The lowest BCUT2D eigenvalue weighted by atomic mass is 9.84. The molecule has 2 aliphatic rings. The van der Waals surface area contributed by atoms with Crippen molar-refractivity contribution in [2.24, 2.45) is 22.4 Å². The number of thiol groups is 1. The molecular weight excluding hydrogens is 875 g/mol. The zero-order valence-electron chi connectivity index (χ0n) is 38.6. The highest BCUT2D eigenvalue weighted by atomic mass is 32.1. The van der Waals surface area contributed by atoms with Gasteiger partial charge in [-0.25, -0.2) is 0 Å². The summed E-state index contributed by atoms with van der Waals surface area (Å²) in [4.78, 5) is 103. The van der Waals surface area contributed by atoms with Crippen LogP contribution in [0, 0.1) is 5.92 Å². The SMILES string of the molecule is CN[C@H](CC1CCCCC1)C(=O)NC(Cc1c[nH]c2ccccc12)C(=O)NC(CCCN=C(N)N)C(=O)NCCCC(NC(=O)[C@H](Cc1ccccc1)NC(C)=O)C(=O)N1C[C@@H](S)CC1C=O. The molecule has 1 aliphatic heterocycles. The molecule has 67 heavy (non-hydrogen) atoms. The number of carbonyl (C=O) groups excluding carboxylic acids is 7. The summed E-state index contributed by atoms with van der Waals surface area (Å²) < 4.78 is 0. The third kappa shape index (κ3) is 16.1. The second kappa shape index (κ2) is 26.4. The van der Waals surface area contributed by atoms with Crippen LogP contribution in [0.5, 0.6) is 0 Å². The van der Waals surface area contributed by atoms with E-state index < -0.39 is 65.8 Å². The molecule has 0 spiro atoms. The molecule has 1 aliphatic carbocycles.